The lowest BCUT2D eigenvalue weighted by Gasteiger charge is -2.03. The van der Waals surface area contributed by atoms with Crippen LogP contribution in [-0.4, -0.2) is 20.5 Å². The summed E-state index contributed by atoms with van der Waals surface area (Å²) in [5.41, 5.74) is 2.00. The lowest BCUT2D eigenvalue weighted by atomic mass is 10.0. The molecule has 5 heteroatoms. The topological polar surface area (TPSA) is 54.6 Å². The summed E-state index contributed by atoms with van der Waals surface area (Å²) in [7, 11) is 0. The van der Waals surface area contributed by atoms with Crippen molar-refractivity contribution in [3.8, 4) is 11.3 Å². The number of nitrogens with zero attached hydrogens (tertiary/aromatic N) is 2. The summed E-state index contributed by atoms with van der Waals surface area (Å²) in [6, 6.07) is 14.4. The molecule has 2 heterocycles. The molecule has 0 unspecified atom stereocenters. The lowest BCUT2D eigenvalue weighted by Crippen LogP contribution is -1.97. The van der Waals surface area contributed by atoms with E-state index in [0.29, 0.717) is 0 Å². The normalized spacial score (nSPS) is 11.3. The van der Waals surface area contributed by atoms with Crippen LogP contribution in [0.4, 0.5) is 0 Å². The van der Waals surface area contributed by atoms with Crippen LogP contribution in [0.25, 0.3) is 27.0 Å². The van der Waals surface area contributed by atoms with E-state index in [1.165, 1.54) is 22.1 Å². The van der Waals surface area contributed by atoms with Gasteiger partial charge in [-0.1, -0.05) is 42.5 Å². The number of aliphatic carboxylic acids is 1. The van der Waals surface area contributed by atoms with Crippen molar-refractivity contribution in [2.75, 3.05) is 0 Å². The Kier molecular flexibility index (Phi) is 2.94. The van der Waals surface area contributed by atoms with Gasteiger partial charge in [0.1, 0.15) is 0 Å². The number of carbonyl (C=O) groups is 1. The molecule has 0 atom stereocenters. The number of thiazole rings is 1. The molecular weight excluding hydrogens is 296 g/mol. The molecular formula is C17H12N2O2S. The Morgan fingerprint density at radius 1 is 1.14 bits per heavy atom. The molecule has 0 amide bonds. The summed E-state index contributed by atoms with van der Waals surface area (Å²) in [4.78, 5) is 17.1. The van der Waals surface area contributed by atoms with E-state index in [2.05, 4.69) is 29.2 Å². The highest BCUT2D eigenvalue weighted by atomic mass is 32.1. The number of fused-ring (bicyclic) bond motifs is 2. The fourth-order valence-electron chi connectivity index (χ4n) is 2.65. The third-order valence-corrected chi connectivity index (χ3v) is 4.59. The summed E-state index contributed by atoms with van der Waals surface area (Å²) in [6.07, 6.45) is 3.84. The van der Waals surface area contributed by atoms with Crippen LogP contribution in [0.3, 0.4) is 0 Å². The lowest BCUT2D eigenvalue weighted by molar-refractivity contribution is -0.136. The molecule has 2 aromatic carbocycles. The van der Waals surface area contributed by atoms with E-state index in [9.17, 15) is 4.79 Å². The first-order valence-electron chi connectivity index (χ1n) is 6.88. The molecule has 0 aliphatic heterocycles. The maximum absolute atomic E-state index is 10.8. The first kappa shape index (κ1) is 13.0. The smallest absolute Gasteiger partial charge is 0.308 e. The van der Waals surface area contributed by atoms with Crippen LogP contribution >= 0.6 is 11.3 Å². The number of aromatic nitrogens is 2. The molecule has 0 radical (unpaired) electrons. The monoisotopic (exact) mass is 308 g/mol. The van der Waals surface area contributed by atoms with Gasteiger partial charge < -0.3 is 5.11 Å². The average molecular weight is 308 g/mol. The summed E-state index contributed by atoms with van der Waals surface area (Å²) in [5, 5.41) is 11.2. The molecule has 0 spiro atoms. The molecule has 2 aromatic heterocycles. The first-order valence-corrected chi connectivity index (χ1v) is 7.70. The van der Waals surface area contributed by atoms with Gasteiger partial charge in [0.2, 0.25) is 0 Å². The standard InChI is InChI=1S/C17H12N2O2S/c20-16(21)8-12-9-19-10-15(18-17(19)22-12)14-7-3-5-11-4-1-2-6-13(11)14/h1-7,9-10H,8H2,(H,20,21). The second-order valence-corrected chi connectivity index (χ2v) is 6.20. The van der Waals surface area contributed by atoms with Crippen LogP contribution in [0.5, 0.6) is 0 Å². The third-order valence-electron chi connectivity index (χ3n) is 3.59. The maximum atomic E-state index is 10.8. The predicted molar refractivity (Wildman–Crippen MR) is 87.4 cm³/mol. The largest absolute Gasteiger partial charge is 0.481 e. The number of rotatable bonds is 3. The number of hydrogen-bond donors (Lipinski definition) is 1. The molecule has 22 heavy (non-hydrogen) atoms. The SMILES string of the molecule is O=C(O)Cc1cn2cc(-c3cccc4ccccc34)nc2s1. The quantitative estimate of drug-likeness (QED) is 0.625. The Balaban J connectivity index is 1.83. The molecule has 4 nitrogen and oxygen atoms in total. The number of imidazole rings is 1. The van der Waals surface area contributed by atoms with E-state index in [1.54, 1.807) is 0 Å². The van der Waals surface area contributed by atoms with Crippen molar-refractivity contribution in [1.82, 2.24) is 9.38 Å². The van der Waals surface area contributed by atoms with Crippen molar-refractivity contribution >= 4 is 33.0 Å². The number of carboxylic acids is 1. The first-order chi connectivity index (χ1) is 10.7. The van der Waals surface area contributed by atoms with Crippen LogP contribution in [-0.2, 0) is 11.2 Å². The Morgan fingerprint density at radius 3 is 2.77 bits per heavy atom. The summed E-state index contributed by atoms with van der Waals surface area (Å²) in [5.74, 6) is -0.821. The molecule has 4 rings (SSSR count). The van der Waals surface area contributed by atoms with Crippen LogP contribution in [0.2, 0.25) is 0 Å². The predicted octanol–water partition coefficient (Wildman–Crippen LogP) is 3.84. The van der Waals surface area contributed by atoms with Gasteiger partial charge in [-0.25, -0.2) is 4.98 Å². The molecule has 1 N–H and O–H groups in total. The van der Waals surface area contributed by atoms with Crippen LogP contribution in [0.1, 0.15) is 4.88 Å². The van der Waals surface area contributed by atoms with E-state index in [4.69, 9.17) is 5.11 Å². The van der Waals surface area contributed by atoms with Gasteiger partial charge >= 0.3 is 5.97 Å². The minimum Gasteiger partial charge on any atom is -0.481 e. The second kappa shape index (κ2) is 4.96. The van der Waals surface area contributed by atoms with Crippen LogP contribution in [0.15, 0.2) is 54.9 Å². The third kappa shape index (κ3) is 2.16. The number of benzene rings is 2. The summed E-state index contributed by atoms with van der Waals surface area (Å²) in [6.45, 7) is 0. The van der Waals surface area contributed by atoms with Crippen molar-refractivity contribution in [3.63, 3.8) is 0 Å². The van der Waals surface area contributed by atoms with Gasteiger partial charge in [0, 0.05) is 22.8 Å². The van der Waals surface area contributed by atoms with Crippen molar-refractivity contribution in [2.45, 2.75) is 6.42 Å². The molecule has 0 fully saturated rings. The Hall–Kier alpha value is -2.66. The van der Waals surface area contributed by atoms with Gasteiger partial charge in [0.15, 0.2) is 4.96 Å². The molecule has 0 saturated heterocycles. The Labute approximate surface area is 130 Å². The molecule has 0 aliphatic rings. The van der Waals surface area contributed by atoms with Crippen molar-refractivity contribution in [3.05, 3.63) is 59.7 Å². The highest BCUT2D eigenvalue weighted by Crippen LogP contribution is 2.29. The van der Waals surface area contributed by atoms with Crippen molar-refractivity contribution < 1.29 is 9.90 Å². The Bertz CT molecular complexity index is 963. The molecule has 108 valence electrons. The van der Waals surface area contributed by atoms with E-state index < -0.39 is 5.97 Å². The highest BCUT2D eigenvalue weighted by Gasteiger charge is 2.11. The second-order valence-electron chi connectivity index (χ2n) is 5.11. The maximum Gasteiger partial charge on any atom is 0.308 e. The zero-order valence-electron chi connectivity index (χ0n) is 11.6. The van der Waals surface area contributed by atoms with Crippen LogP contribution in [0, 0.1) is 0 Å². The zero-order valence-corrected chi connectivity index (χ0v) is 12.4. The average Bonchev–Trinajstić information content (AvgIpc) is 3.04. The highest BCUT2D eigenvalue weighted by molar-refractivity contribution is 7.17. The summed E-state index contributed by atoms with van der Waals surface area (Å²) < 4.78 is 1.90. The van der Waals surface area contributed by atoms with Gasteiger partial charge in [-0.15, -0.1) is 11.3 Å². The van der Waals surface area contributed by atoms with Gasteiger partial charge in [0.05, 0.1) is 12.1 Å². The van der Waals surface area contributed by atoms with Gasteiger partial charge in [-0.05, 0) is 10.8 Å². The van der Waals surface area contributed by atoms with E-state index >= 15 is 0 Å². The fraction of sp³-hybridized carbons (Fsp3) is 0.0588. The Morgan fingerprint density at radius 2 is 1.95 bits per heavy atom. The van der Waals surface area contributed by atoms with E-state index in [-0.39, 0.29) is 6.42 Å². The van der Waals surface area contributed by atoms with E-state index in [0.717, 1.165) is 21.1 Å². The van der Waals surface area contributed by atoms with Gasteiger partial charge in [0.25, 0.3) is 0 Å². The minimum absolute atomic E-state index is 0.0393. The van der Waals surface area contributed by atoms with Crippen molar-refractivity contribution in [2.24, 2.45) is 0 Å². The molecule has 0 aliphatic carbocycles. The molecule has 0 saturated carbocycles. The number of carboxylic acid groups (broad SMARTS) is 1. The minimum atomic E-state index is -0.821. The fourth-order valence-corrected chi connectivity index (χ4v) is 3.60. The van der Waals surface area contributed by atoms with E-state index in [1.807, 2.05) is 35.0 Å². The van der Waals surface area contributed by atoms with Crippen molar-refractivity contribution in [1.29, 1.82) is 0 Å². The zero-order chi connectivity index (χ0) is 15.1. The van der Waals surface area contributed by atoms with Crippen LogP contribution < -0.4 is 0 Å². The summed E-state index contributed by atoms with van der Waals surface area (Å²) >= 11 is 1.42. The molecule has 0 bridgehead atoms. The molecule has 4 aromatic rings. The van der Waals surface area contributed by atoms with Gasteiger partial charge in [-0.2, -0.15) is 0 Å². The van der Waals surface area contributed by atoms with Gasteiger partial charge in [-0.3, -0.25) is 9.20 Å². The number of hydrogen-bond acceptors (Lipinski definition) is 3.